The number of rotatable bonds is 6. The van der Waals surface area contributed by atoms with Crippen molar-refractivity contribution in [3.8, 4) is 0 Å². The molecule has 150 valence electrons. The highest BCUT2D eigenvalue weighted by Crippen LogP contribution is 2.30. The lowest BCUT2D eigenvalue weighted by Crippen LogP contribution is -2.38. The zero-order chi connectivity index (χ0) is 19.5. The first kappa shape index (κ1) is 19.0. The van der Waals surface area contributed by atoms with Crippen molar-refractivity contribution in [3.63, 3.8) is 0 Å². The molecular formula is C21H27N3O4. The Morgan fingerprint density at radius 3 is 2.93 bits per heavy atom. The van der Waals surface area contributed by atoms with Gasteiger partial charge in [-0.25, -0.2) is 0 Å². The molecule has 0 spiro atoms. The number of hydrogen-bond acceptors (Lipinski definition) is 6. The number of nitrogens with zero attached hydrogens (tertiary/aromatic N) is 2. The molecule has 1 N–H and O–H groups in total. The molecule has 7 heteroatoms. The summed E-state index contributed by atoms with van der Waals surface area (Å²) < 4.78 is 16.6. The molecule has 28 heavy (non-hydrogen) atoms. The molecule has 2 aliphatic rings. The van der Waals surface area contributed by atoms with Gasteiger partial charge in [0.25, 0.3) is 0 Å². The summed E-state index contributed by atoms with van der Waals surface area (Å²) in [6.45, 7) is 6.58. The van der Waals surface area contributed by atoms with Crippen LogP contribution in [-0.2, 0) is 27.2 Å². The van der Waals surface area contributed by atoms with E-state index >= 15 is 0 Å². The van der Waals surface area contributed by atoms with E-state index in [0.717, 1.165) is 47.6 Å². The lowest BCUT2D eigenvalue weighted by Gasteiger charge is -2.26. The van der Waals surface area contributed by atoms with Gasteiger partial charge in [0, 0.05) is 25.3 Å². The maximum Gasteiger partial charge on any atom is 0.248 e. The quantitative estimate of drug-likeness (QED) is 0.823. The summed E-state index contributed by atoms with van der Waals surface area (Å²) in [7, 11) is 0. The first-order valence-electron chi connectivity index (χ1n) is 9.89. The molecule has 0 radical (unpaired) electrons. The summed E-state index contributed by atoms with van der Waals surface area (Å²) >= 11 is 0. The topological polar surface area (TPSA) is 76.8 Å². The number of carbonyl (C=O) groups excluding carboxylic acids is 1. The third-order valence-electron chi connectivity index (χ3n) is 5.46. The lowest BCUT2D eigenvalue weighted by molar-refractivity contribution is -0.138. The molecule has 0 aliphatic carbocycles. The molecule has 3 heterocycles. The molecule has 0 bridgehead atoms. The Kier molecular flexibility index (Phi) is 5.64. The number of benzene rings is 1. The first-order chi connectivity index (χ1) is 13.6. The Balaban J connectivity index is 1.39. The zero-order valence-electron chi connectivity index (χ0n) is 16.5. The maximum atomic E-state index is 12.6. The van der Waals surface area contributed by atoms with Gasteiger partial charge in [0.1, 0.15) is 12.4 Å². The monoisotopic (exact) mass is 385 g/mol. The Hall–Kier alpha value is -2.38. The number of anilines is 2. The zero-order valence-corrected chi connectivity index (χ0v) is 16.5. The Morgan fingerprint density at radius 2 is 2.18 bits per heavy atom. The number of ether oxygens (including phenoxy) is 2. The predicted molar refractivity (Wildman–Crippen MR) is 105 cm³/mol. The van der Waals surface area contributed by atoms with Crippen LogP contribution in [0.2, 0.25) is 0 Å². The smallest absolute Gasteiger partial charge is 0.248 e. The molecule has 7 nitrogen and oxygen atoms in total. The lowest BCUT2D eigenvalue weighted by atomic mass is 10.1. The summed E-state index contributed by atoms with van der Waals surface area (Å²) in [5.74, 6) is 1.52. The van der Waals surface area contributed by atoms with Crippen LogP contribution < -0.4 is 5.32 Å². The van der Waals surface area contributed by atoms with Gasteiger partial charge < -0.3 is 24.2 Å². The van der Waals surface area contributed by atoms with Crippen molar-refractivity contribution in [1.82, 2.24) is 10.1 Å². The Bertz CT molecular complexity index is 822. The second kappa shape index (κ2) is 8.32. The number of aromatic nitrogens is 1. The molecule has 1 unspecified atom stereocenters. The number of aryl methyl sites for hydroxylation is 2. The van der Waals surface area contributed by atoms with Crippen molar-refractivity contribution in [2.45, 2.75) is 45.8 Å². The Labute approximate surface area is 165 Å². The van der Waals surface area contributed by atoms with E-state index < -0.39 is 0 Å². The summed E-state index contributed by atoms with van der Waals surface area (Å²) in [5.41, 5.74) is 4.26. The minimum atomic E-state index is -0.0112. The number of fused-ring (bicyclic) bond motifs is 1. The summed E-state index contributed by atoms with van der Waals surface area (Å²) in [4.78, 5) is 14.4. The molecule has 1 saturated heterocycles. The van der Waals surface area contributed by atoms with Crippen LogP contribution in [0.3, 0.4) is 0 Å². The minimum absolute atomic E-state index is 0.0112. The van der Waals surface area contributed by atoms with E-state index in [4.69, 9.17) is 14.0 Å². The van der Waals surface area contributed by atoms with Gasteiger partial charge in [-0.05, 0) is 37.8 Å². The number of amides is 1. The van der Waals surface area contributed by atoms with Crippen LogP contribution >= 0.6 is 0 Å². The van der Waals surface area contributed by atoms with Crippen LogP contribution in [0.25, 0.3) is 0 Å². The average molecular weight is 385 g/mol. The van der Waals surface area contributed by atoms with Gasteiger partial charge in [0.15, 0.2) is 5.82 Å². The van der Waals surface area contributed by atoms with Crippen molar-refractivity contribution >= 4 is 17.4 Å². The van der Waals surface area contributed by atoms with E-state index in [1.807, 2.05) is 11.0 Å². The fourth-order valence-corrected chi connectivity index (χ4v) is 3.79. The third-order valence-corrected chi connectivity index (χ3v) is 5.46. The highest BCUT2D eigenvalue weighted by Gasteiger charge is 2.28. The van der Waals surface area contributed by atoms with E-state index in [-0.39, 0.29) is 18.6 Å². The van der Waals surface area contributed by atoms with Crippen molar-refractivity contribution in [2.24, 2.45) is 0 Å². The number of para-hydroxylation sites is 1. The van der Waals surface area contributed by atoms with Gasteiger partial charge in [-0.1, -0.05) is 23.4 Å². The second-order valence-corrected chi connectivity index (χ2v) is 7.54. The van der Waals surface area contributed by atoms with E-state index in [2.05, 4.69) is 36.5 Å². The van der Waals surface area contributed by atoms with Crippen molar-refractivity contribution in [3.05, 3.63) is 40.6 Å². The normalized spacial score (nSPS) is 18.9. The molecule has 1 amide bonds. The SMILES string of the molecule is Cc1cccc(C)c1Nc1noc2c1CN(C(=O)COCC1CCCO1)CC2. The van der Waals surface area contributed by atoms with Gasteiger partial charge in [0.2, 0.25) is 5.91 Å². The van der Waals surface area contributed by atoms with Gasteiger partial charge in [-0.3, -0.25) is 4.79 Å². The molecule has 1 fully saturated rings. The highest BCUT2D eigenvalue weighted by atomic mass is 16.5. The summed E-state index contributed by atoms with van der Waals surface area (Å²) in [6, 6.07) is 6.15. The van der Waals surface area contributed by atoms with Crippen LogP contribution in [0.15, 0.2) is 22.7 Å². The van der Waals surface area contributed by atoms with Crippen LogP contribution in [0.4, 0.5) is 11.5 Å². The standard InChI is InChI=1S/C21H27N3O4/c1-14-5-3-6-15(2)20(14)22-21-17-11-24(9-8-18(17)28-23-21)19(25)13-26-12-16-7-4-10-27-16/h3,5-6,16H,4,7-13H2,1-2H3,(H,22,23). The fourth-order valence-electron chi connectivity index (χ4n) is 3.79. The van der Waals surface area contributed by atoms with E-state index in [0.29, 0.717) is 31.9 Å². The van der Waals surface area contributed by atoms with E-state index in [9.17, 15) is 4.79 Å². The van der Waals surface area contributed by atoms with Crippen LogP contribution in [0.1, 0.15) is 35.3 Å². The molecule has 1 aromatic heterocycles. The minimum Gasteiger partial charge on any atom is -0.376 e. The number of hydrogen-bond donors (Lipinski definition) is 1. The van der Waals surface area contributed by atoms with Crippen molar-refractivity contribution in [2.75, 3.05) is 31.7 Å². The van der Waals surface area contributed by atoms with Gasteiger partial charge in [-0.15, -0.1) is 0 Å². The Morgan fingerprint density at radius 1 is 1.36 bits per heavy atom. The van der Waals surface area contributed by atoms with Crippen molar-refractivity contribution < 1.29 is 18.8 Å². The van der Waals surface area contributed by atoms with Gasteiger partial charge in [0.05, 0.1) is 24.8 Å². The average Bonchev–Trinajstić information content (AvgIpc) is 3.34. The van der Waals surface area contributed by atoms with E-state index in [1.165, 1.54) is 0 Å². The fraction of sp³-hybridized carbons (Fsp3) is 0.524. The molecule has 1 atom stereocenters. The molecule has 2 aliphatic heterocycles. The number of nitrogens with one attached hydrogen (secondary N) is 1. The molecule has 2 aromatic rings. The van der Waals surface area contributed by atoms with E-state index in [1.54, 1.807) is 0 Å². The van der Waals surface area contributed by atoms with Gasteiger partial charge in [-0.2, -0.15) is 0 Å². The molecular weight excluding hydrogens is 358 g/mol. The van der Waals surface area contributed by atoms with Crippen molar-refractivity contribution in [1.29, 1.82) is 0 Å². The van der Waals surface area contributed by atoms with Gasteiger partial charge >= 0.3 is 0 Å². The second-order valence-electron chi connectivity index (χ2n) is 7.54. The molecule has 4 rings (SSSR count). The number of carbonyl (C=O) groups is 1. The maximum absolute atomic E-state index is 12.6. The van der Waals surface area contributed by atoms with Crippen LogP contribution in [0, 0.1) is 13.8 Å². The summed E-state index contributed by atoms with van der Waals surface area (Å²) in [6.07, 6.45) is 2.87. The summed E-state index contributed by atoms with van der Waals surface area (Å²) in [5, 5.41) is 7.61. The predicted octanol–water partition coefficient (Wildman–Crippen LogP) is 3.12. The molecule has 1 aromatic carbocycles. The highest BCUT2D eigenvalue weighted by molar-refractivity contribution is 5.78. The van der Waals surface area contributed by atoms with Crippen LogP contribution in [-0.4, -0.2) is 48.4 Å². The first-order valence-corrected chi connectivity index (χ1v) is 9.89. The van der Waals surface area contributed by atoms with Crippen LogP contribution in [0.5, 0.6) is 0 Å². The largest absolute Gasteiger partial charge is 0.376 e. The molecule has 0 saturated carbocycles. The third kappa shape index (κ3) is 4.05.